The highest BCUT2D eigenvalue weighted by molar-refractivity contribution is 5.78. The van der Waals surface area contributed by atoms with Gasteiger partial charge in [-0.25, -0.2) is 0 Å². The third kappa shape index (κ3) is 5.13. The zero-order valence-corrected chi connectivity index (χ0v) is 17.5. The van der Waals surface area contributed by atoms with Gasteiger partial charge in [0.25, 0.3) is 0 Å². The van der Waals surface area contributed by atoms with E-state index in [2.05, 4.69) is 28.0 Å². The summed E-state index contributed by atoms with van der Waals surface area (Å²) in [6.07, 6.45) is 1.11. The lowest BCUT2D eigenvalue weighted by Gasteiger charge is -2.33. The normalized spacial score (nSPS) is 27.5. The Bertz CT molecular complexity index is 866. The van der Waals surface area contributed by atoms with Crippen LogP contribution in [0.15, 0.2) is 48.5 Å². The largest absolute Gasteiger partial charge is 0.455 e. The van der Waals surface area contributed by atoms with Gasteiger partial charge in [-0.1, -0.05) is 24.3 Å². The fourth-order valence-electron chi connectivity index (χ4n) is 3.99. The third-order valence-electron chi connectivity index (χ3n) is 5.91. The van der Waals surface area contributed by atoms with Crippen LogP contribution in [0.3, 0.4) is 0 Å². The summed E-state index contributed by atoms with van der Waals surface area (Å²) in [4.78, 5) is 4.79. The summed E-state index contributed by atoms with van der Waals surface area (Å²) in [7, 11) is 0. The van der Waals surface area contributed by atoms with Crippen LogP contribution in [0.5, 0.6) is 11.5 Å². The summed E-state index contributed by atoms with van der Waals surface area (Å²) in [5.74, 6) is 1.68. The summed E-state index contributed by atoms with van der Waals surface area (Å²) < 4.78 is 28.7. The molecule has 0 bridgehead atoms. The van der Waals surface area contributed by atoms with E-state index in [1.165, 1.54) is 0 Å². The predicted molar refractivity (Wildman–Crippen MR) is 116 cm³/mol. The van der Waals surface area contributed by atoms with Gasteiger partial charge < -0.3 is 33.5 Å². The molecule has 7 heteroatoms. The van der Waals surface area contributed by atoms with Crippen molar-refractivity contribution in [3.8, 4) is 11.5 Å². The number of benzene rings is 2. The summed E-state index contributed by atoms with van der Waals surface area (Å²) in [6, 6.07) is 16.3. The van der Waals surface area contributed by atoms with Crippen LogP contribution >= 0.6 is 0 Å². The first kappa shape index (κ1) is 19.4. The van der Waals surface area contributed by atoms with Gasteiger partial charge in [0.2, 0.25) is 0 Å². The summed E-state index contributed by atoms with van der Waals surface area (Å²) in [6.45, 7) is 6.65. The number of anilines is 2. The Hall–Kier alpha value is -2.32. The molecule has 4 aliphatic rings. The van der Waals surface area contributed by atoms with Crippen LogP contribution in [0.4, 0.5) is 11.4 Å². The van der Waals surface area contributed by atoms with E-state index in [0.717, 1.165) is 75.5 Å². The molecule has 4 atom stereocenters. The Balaban J connectivity index is 1.38. The first-order chi connectivity index (χ1) is 15.3. The lowest BCUT2D eigenvalue weighted by Crippen LogP contribution is -2.36. The lowest BCUT2D eigenvalue weighted by molar-refractivity contribution is 0.384. The maximum Gasteiger partial charge on any atom is 0.152 e. The van der Waals surface area contributed by atoms with Crippen molar-refractivity contribution in [2.24, 2.45) is 0 Å². The van der Waals surface area contributed by atoms with Gasteiger partial charge in [0.15, 0.2) is 5.75 Å². The van der Waals surface area contributed by atoms with E-state index < -0.39 is 0 Å². The van der Waals surface area contributed by atoms with E-state index in [0.29, 0.717) is 0 Å². The van der Waals surface area contributed by atoms with Crippen molar-refractivity contribution < 1.29 is 23.7 Å². The molecule has 4 fully saturated rings. The van der Waals surface area contributed by atoms with E-state index in [1.54, 1.807) is 0 Å². The molecule has 0 N–H and O–H groups in total. The zero-order chi connectivity index (χ0) is 20.6. The van der Waals surface area contributed by atoms with Gasteiger partial charge in [-0.05, 0) is 24.3 Å². The minimum Gasteiger partial charge on any atom is -0.455 e. The topological polar surface area (TPSA) is 65.8 Å². The van der Waals surface area contributed by atoms with Gasteiger partial charge in [0.05, 0.1) is 56.5 Å². The number of hydrogen-bond donors (Lipinski definition) is 0. The molecule has 4 unspecified atom stereocenters. The van der Waals surface area contributed by atoms with Crippen LogP contribution < -0.4 is 14.5 Å². The number of ether oxygens (including phenoxy) is 5. The molecule has 2 aromatic carbocycles. The van der Waals surface area contributed by atoms with Gasteiger partial charge in [-0.2, -0.15) is 0 Å². The van der Waals surface area contributed by atoms with Crippen molar-refractivity contribution >= 4 is 11.4 Å². The summed E-state index contributed by atoms with van der Waals surface area (Å²) in [5.41, 5.74) is 2.25. The second kappa shape index (κ2) is 8.31. The second-order valence-corrected chi connectivity index (χ2v) is 8.67. The van der Waals surface area contributed by atoms with Crippen LogP contribution in [0.1, 0.15) is 0 Å². The quantitative estimate of drug-likeness (QED) is 0.486. The minimum atomic E-state index is 0.267. The third-order valence-corrected chi connectivity index (χ3v) is 5.91. The lowest BCUT2D eigenvalue weighted by atomic mass is 10.1. The number of rotatable bonds is 12. The average molecular weight is 424 g/mol. The van der Waals surface area contributed by atoms with Crippen molar-refractivity contribution in [3.05, 3.63) is 48.5 Å². The molecule has 2 aromatic rings. The highest BCUT2D eigenvalue weighted by Crippen LogP contribution is 2.42. The Labute approximate surface area is 182 Å². The number of para-hydroxylation sites is 2. The van der Waals surface area contributed by atoms with Crippen molar-refractivity contribution in [1.82, 2.24) is 0 Å². The maximum absolute atomic E-state index is 6.41. The number of hydrogen-bond acceptors (Lipinski definition) is 7. The monoisotopic (exact) mass is 424 g/mol. The van der Waals surface area contributed by atoms with E-state index in [4.69, 9.17) is 23.7 Å². The molecular formula is C24H28N2O5. The molecule has 0 amide bonds. The number of nitrogens with zero attached hydrogens (tertiary/aromatic N) is 2. The van der Waals surface area contributed by atoms with Gasteiger partial charge in [0, 0.05) is 26.2 Å². The van der Waals surface area contributed by atoms with Crippen molar-refractivity contribution in [3.63, 3.8) is 0 Å². The molecule has 0 aromatic heterocycles. The van der Waals surface area contributed by atoms with E-state index in [9.17, 15) is 0 Å². The van der Waals surface area contributed by atoms with Gasteiger partial charge in [-0.15, -0.1) is 0 Å². The highest BCUT2D eigenvalue weighted by Gasteiger charge is 2.36. The second-order valence-electron chi connectivity index (χ2n) is 8.67. The van der Waals surface area contributed by atoms with Crippen LogP contribution in [-0.2, 0) is 18.9 Å². The van der Waals surface area contributed by atoms with E-state index in [-0.39, 0.29) is 24.4 Å². The predicted octanol–water partition coefficient (Wildman–Crippen LogP) is 2.69. The van der Waals surface area contributed by atoms with Crippen molar-refractivity contribution in [2.75, 3.05) is 62.4 Å². The fourth-order valence-corrected chi connectivity index (χ4v) is 3.99. The van der Waals surface area contributed by atoms with Gasteiger partial charge >= 0.3 is 0 Å². The van der Waals surface area contributed by atoms with Gasteiger partial charge in [0.1, 0.15) is 11.4 Å². The maximum atomic E-state index is 6.41. The molecule has 0 spiro atoms. The van der Waals surface area contributed by atoms with Crippen molar-refractivity contribution in [1.29, 1.82) is 0 Å². The molecule has 4 saturated heterocycles. The zero-order valence-electron chi connectivity index (χ0n) is 17.5. The molecule has 0 radical (unpaired) electrons. The van der Waals surface area contributed by atoms with Crippen LogP contribution in [0, 0.1) is 0 Å². The molecule has 0 aliphatic carbocycles. The SMILES string of the molecule is c1ccc(Oc2cccc(N(CC3CO3)CC3CO3)c2N(CC2CO2)CC2CO2)cc1. The van der Waals surface area contributed by atoms with Crippen LogP contribution in [-0.4, -0.2) is 77.0 Å². The molecule has 31 heavy (non-hydrogen) atoms. The average Bonchev–Trinajstić information content (AvgIpc) is 3.62. The Morgan fingerprint density at radius 2 is 1.16 bits per heavy atom. The molecule has 164 valence electrons. The highest BCUT2D eigenvalue weighted by atomic mass is 16.6. The van der Waals surface area contributed by atoms with Crippen LogP contribution in [0.2, 0.25) is 0 Å². The smallest absolute Gasteiger partial charge is 0.152 e. The van der Waals surface area contributed by atoms with E-state index >= 15 is 0 Å². The first-order valence-corrected chi connectivity index (χ1v) is 11.1. The van der Waals surface area contributed by atoms with Crippen LogP contribution in [0.25, 0.3) is 0 Å². The molecule has 4 heterocycles. The Morgan fingerprint density at radius 1 is 0.645 bits per heavy atom. The van der Waals surface area contributed by atoms with E-state index in [1.807, 2.05) is 30.3 Å². The Kier molecular flexibility index (Phi) is 5.20. The molecule has 4 aliphatic heterocycles. The Morgan fingerprint density at radius 3 is 1.68 bits per heavy atom. The standard InChI is InChI=1S/C24H28N2O5/c1-2-5-17(6-3-1)31-23-8-4-7-22(25(9-18-13-27-18)10-19-14-28-19)24(23)26(11-20-15-29-20)12-21-16-30-21/h1-8,18-21H,9-16H2. The molecule has 7 nitrogen and oxygen atoms in total. The summed E-state index contributed by atoms with van der Waals surface area (Å²) in [5, 5.41) is 0. The van der Waals surface area contributed by atoms with Crippen molar-refractivity contribution in [2.45, 2.75) is 24.4 Å². The molecule has 0 saturated carbocycles. The fraction of sp³-hybridized carbons (Fsp3) is 0.500. The molecular weight excluding hydrogens is 396 g/mol. The molecule has 6 rings (SSSR count). The summed E-state index contributed by atoms with van der Waals surface area (Å²) >= 11 is 0. The van der Waals surface area contributed by atoms with Gasteiger partial charge in [-0.3, -0.25) is 0 Å². The minimum absolute atomic E-state index is 0.267. The first-order valence-electron chi connectivity index (χ1n) is 11.1. The number of epoxide rings is 4.